The van der Waals surface area contributed by atoms with Crippen LogP contribution in [-0.2, 0) is 13.9 Å². The Balaban J connectivity index is 5.15. The molecular weight excluding hydrogens is 278 g/mol. The number of rotatable bonds is 9. The fourth-order valence-electron chi connectivity index (χ4n) is 0.727. The second-order valence-corrected chi connectivity index (χ2v) is 5.00. The average Bonchev–Trinajstić information content (AvgIpc) is 2.22. The molecule has 0 fully saturated rings. The highest BCUT2D eigenvalue weighted by Crippen LogP contribution is 2.42. The molecule has 0 aliphatic carbocycles. The van der Waals surface area contributed by atoms with Gasteiger partial charge in [-0.15, -0.1) is 23.2 Å². The largest absolute Gasteiger partial charge is 0.481 e. The van der Waals surface area contributed by atoms with Gasteiger partial charge in [-0.25, -0.2) is 10.2 Å². The monoisotopic (exact) mass is 296 g/mol. The smallest absolute Gasteiger partial charge is 0.340 e. The van der Waals surface area contributed by atoms with E-state index in [1.54, 1.807) is 0 Å². The predicted molar refractivity (Wildman–Crippen MR) is 63.0 cm³/mol. The number of carboxylic acid groups (broad SMARTS) is 1. The van der Waals surface area contributed by atoms with E-state index in [1.165, 1.54) is 0 Å². The fraction of sp³-hybridized carbons (Fsp3) is 0.857. The Kier molecular flexibility index (Phi) is 5.24. The van der Waals surface area contributed by atoms with Gasteiger partial charge in [-0.2, -0.15) is 0 Å². The number of halogens is 2. The minimum atomic E-state index is -4.31. The van der Waals surface area contributed by atoms with Gasteiger partial charge in [0.2, 0.25) is 0 Å². The predicted octanol–water partition coefficient (Wildman–Crippen LogP) is 1.32. The Morgan fingerprint density at radius 1 is 1.62 bits per heavy atom. The van der Waals surface area contributed by atoms with Crippen LogP contribution < -0.4 is 5.50 Å². The van der Waals surface area contributed by atoms with Gasteiger partial charge in [-0.1, -0.05) is 0 Å². The quantitative estimate of drug-likeness (QED) is 0.492. The molecule has 0 aromatic heterocycles. The molecular formula is C7H15Cl2N2O4P. The minimum Gasteiger partial charge on any atom is -0.481 e. The topological polar surface area (TPSA) is 92.9 Å². The number of hydrogen-bond donors (Lipinski definition) is 2. The molecule has 9 heteroatoms. The van der Waals surface area contributed by atoms with E-state index >= 15 is 0 Å². The van der Waals surface area contributed by atoms with Gasteiger partial charge in [0.15, 0.2) is 0 Å². The standard InChI is InChI=1S/C7H15Cl2N2O4P/c8-2-4-11(5-3-9)16(10,14)15-6-1-7(12)13/h1-6H2,(H2,10,14)(H,12,13)/i2D2,4D2. The molecule has 3 N–H and O–H groups in total. The molecule has 16 heavy (non-hydrogen) atoms. The third kappa shape index (κ3) is 6.68. The highest BCUT2D eigenvalue weighted by Gasteiger charge is 2.26. The molecule has 1 unspecified atom stereocenters. The van der Waals surface area contributed by atoms with E-state index in [1.807, 2.05) is 0 Å². The lowest BCUT2D eigenvalue weighted by Crippen LogP contribution is -2.30. The van der Waals surface area contributed by atoms with Crippen LogP contribution in [0.2, 0.25) is 0 Å². The van der Waals surface area contributed by atoms with Crippen molar-refractivity contribution in [1.29, 1.82) is 0 Å². The highest BCUT2D eigenvalue weighted by atomic mass is 35.5. The van der Waals surface area contributed by atoms with Crippen molar-refractivity contribution in [3.05, 3.63) is 0 Å². The van der Waals surface area contributed by atoms with Crippen molar-refractivity contribution >= 4 is 36.8 Å². The first-order valence-corrected chi connectivity index (χ1v) is 6.70. The molecule has 0 aromatic carbocycles. The third-order valence-electron chi connectivity index (χ3n) is 1.40. The van der Waals surface area contributed by atoms with Gasteiger partial charge in [0.05, 0.1) is 13.0 Å². The Labute approximate surface area is 110 Å². The number of carboxylic acids is 1. The molecule has 96 valence electrons. The SMILES string of the molecule is [2H]C([2H])(Cl)C([2H])([2H])N(CCCl)P(N)(=O)OCCC(=O)O. The maximum atomic E-state index is 12.1. The van der Waals surface area contributed by atoms with Gasteiger partial charge in [0.1, 0.15) is 0 Å². The normalized spacial score (nSPS) is 20.5. The first-order chi connectivity index (χ1) is 8.86. The number of nitrogens with two attached hydrogens (primary N) is 1. The summed E-state index contributed by atoms with van der Waals surface area (Å²) in [4.78, 5) is 10.3. The van der Waals surface area contributed by atoms with Crippen LogP contribution in [0.1, 0.15) is 11.9 Å². The van der Waals surface area contributed by atoms with Crippen molar-refractivity contribution in [3.8, 4) is 0 Å². The Morgan fingerprint density at radius 3 is 2.69 bits per heavy atom. The first kappa shape index (κ1) is 10.1. The fourth-order valence-corrected chi connectivity index (χ4v) is 2.24. The maximum Gasteiger partial charge on any atom is 0.340 e. The molecule has 0 spiro atoms. The second-order valence-electron chi connectivity index (χ2n) is 2.56. The van der Waals surface area contributed by atoms with Crippen molar-refractivity contribution < 1.29 is 24.5 Å². The summed E-state index contributed by atoms with van der Waals surface area (Å²) in [6.07, 6.45) is -0.493. The van der Waals surface area contributed by atoms with Crippen molar-refractivity contribution in [3.63, 3.8) is 0 Å². The van der Waals surface area contributed by atoms with Crippen LogP contribution in [0.4, 0.5) is 0 Å². The summed E-state index contributed by atoms with van der Waals surface area (Å²) < 4.78 is 46.8. The van der Waals surface area contributed by atoms with Crippen LogP contribution in [0, 0.1) is 0 Å². The minimum absolute atomic E-state index is 0.212. The molecule has 0 amide bonds. The zero-order valence-electron chi connectivity index (χ0n) is 12.2. The summed E-state index contributed by atoms with van der Waals surface area (Å²) in [5, 5.41) is 8.44. The number of carbonyl (C=O) groups is 1. The van der Waals surface area contributed by atoms with E-state index in [-0.39, 0.29) is 5.88 Å². The second kappa shape index (κ2) is 8.28. The van der Waals surface area contributed by atoms with Crippen LogP contribution in [0.3, 0.4) is 0 Å². The van der Waals surface area contributed by atoms with Crippen molar-refractivity contribution in [1.82, 2.24) is 4.67 Å². The van der Waals surface area contributed by atoms with Crippen LogP contribution >= 0.6 is 30.9 Å². The summed E-state index contributed by atoms with van der Waals surface area (Å²) in [6, 6.07) is 0. The molecule has 0 heterocycles. The average molecular weight is 297 g/mol. The lowest BCUT2D eigenvalue weighted by Gasteiger charge is -2.26. The molecule has 0 aliphatic rings. The third-order valence-corrected chi connectivity index (χ3v) is 3.18. The first-order valence-electron chi connectivity index (χ1n) is 6.14. The van der Waals surface area contributed by atoms with E-state index in [0.29, 0.717) is 4.67 Å². The summed E-state index contributed by atoms with van der Waals surface area (Å²) in [5.41, 5.74) is 5.36. The number of nitrogens with zero attached hydrogens (tertiary/aromatic N) is 1. The van der Waals surface area contributed by atoms with E-state index in [0.717, 1.165) is 0 Å². The number of hydrogen-bond acceptors (Lipinski definition) is 3. The van der Waals surface area contributed by atoms with Crippen LogP contribution in [0.5, 0.6) is 0 Å². The molecule has 0 saturated heterocycles. The Morgan fingerprint density at radius 2 is 2.25 bits per heavy atom. The van der Waals surface area contributed by atoms with Gasteiger partial charge in [0, 0.05) is 30.2 Å². The van der Waals surface area contributed by atoms with Gasteiger partial charge >= 0.3 is 13.6 Å². The molecule has 0 rings (SSSR count). The van der Waals surface area contributed by atoms with Crippen molar-refractivity contribution in [2.45, 2.75) is 6.42 Å². The van der Waals surface area contributed by atoms with E-state index in [4.69, 9.17) is 43.8 Å². The van der Waals surface area contributed by atoms with E-state index < -0.39 is 45.5 Å². The molecule has 6 nitrogen and oxygen atoms in total. The van der Waals surface area contributed by atoms with Gasteiger partial charge in [0.25, 0.3) is 0 Å². The van der Waals surface area contributed by atoms with Gasteiger partial charge < -0.3 is 9.63 Å². The molecule has 1 atom stereocenters. The summed E-state index contributed by atoms with van der Waals surface area (Å²) in [7, 11) is -4.31. The van der Waals surface area contributed by atoms with Crippen LogP contribution in [0.25, 0.3) is 0 Å². The summed E-state index contributed by atoms with van der Waals surface area (Å²) in [6.45, 7) is -3.86. The lowest BCUT2D eigenvalue weighted by molar-refractivity contribution is -0.137. The Bertz CT molecular complexity index is 396. The Hall–Kier alpha value is 0.160. The van der Waals surface area contributed by atoms with E-state index in [2.05, 4.69) is 0 Å². The maximum absolute atomic E-state index is 12.1. The zero-order valence-corrected chi connectivity index (χ0v) is 10.6. The molecule has 0 radical (unpaired) electrons. The highest BCUT2D eigenvalue weighted by molar-refractivity contribution is 7.53. The number of aliphatic carboxylic acids is 1. The summed E-state index contributed by atoms with van der Waals surface area (Å²) >= 11 is 10.7. The molecule has 0 bridgehead atoms. The van der Waals surface area contributed by atoms with Crippen molar-refractivity contribution in [2.75, 3.05) is 31.4 Å². The molecule has 0 aromatic rings. The van der Waals surface area contributed by atoms with Gasteiger partial charge in [-0.3, -0.25) is 9.36 Å². The lowest BCUT2D eigenvalue weighted by atomic mass is 10.5. The summed E-state index contributed by atoms with van der Waals surface area (Å²) in [5.74, 6) is -4.34. The molecule has 0 aliphatic heterocycles. The van der Waals surface area contributed by atoms with E-state index in [9.17, 15) is 9.36 Å². The van der Waals surface area contributed by atoms with Gasteiger partial charge in [-0.05, 0) is 0 Å². The van der Waals surface area contributed by atoms with Crippen LogP contribution in [-0.4, -0.2) is 47.1 Å². The van der Waals surface area contributed by atoms with Crippen LogP contribution in [0.15, 0.2) is 0 Å². The number of alkyl halides is 2. The van der Waals surface area contributed by atoms with Crippen molar-refractivity contribution in [2.24, 2.45) is 5.50 Å². The zero-order chi connectivity index (χ0) is 16.2. The molecule has 0 saturated carbocycles.